The van der Waals surface area contributed by atoms with Crippen LogP contribution in [-0.4, -0.2) is 26.1 Å². The minimum absolute atomic E-state index is 0.00352. The molecule has 2 aromatic heterocycles. The number of carbonyl (C=O) groups is 1. The Labute approximate surface area is 104 Å². The van der Waals surface area contributed by atoms with Crippen molar-refractivity contribution in [3.63, 3.8) is 0 Å². The molecule has 2 heterocycles. The van der Waals surface area contributed by atoms with Crippen LogP contribution in [0.2, 0.25) is 0 Å². The van der Waals surface area contributed by atoms with Gasteiger partial charge in [0, 0.05) is 6.54 Å². The van der Waals surface area contributed by atoms with Crippen molar-refractivity contribution in [2.24, 2.45) is 0 Å². The molecule has 0 aliphatic heterocycles. The number of aromatic carboxylic acids is 1. The van der Waals surface area contributed by atoms with Gasteiger partial charge in [-0.15, -0.1) is 16.4 Å². The Kier molecular flexibility index (Phi) is 3.06. The van der Waals surface area contributed by atoms with Crippen molar-refractivity contribution in [1.82, 2.24) is 15.0 Å². The van der Waals surface area contributed by atoms with Crippen LogP contribution in [0.3, 0.4) is 0 Å². The highest BCUT2D eigenvalue weighted by Crippen LogP contribution is 2.32. The minimum Gasteiger partial charge on any atom is -0.476 e. The number of nitrogens with zero attached hydrogens (tertiary/aromatic N) is 3. The molecular weight excluding hydrogens is 294 g/mol. The van der Waals surface area contributed by atoms with E-state index in [4.69, 9.17) is 5.11 Å². The number of halogens is 1. The molecule has 0 saturated carbocycles. The van der Waals surface area contributed by atoms with E-state index in [9.17, 15) is 4.79 Å². The second kappa shape index (κ2) is 4.34. The molecule has 0 fully saturated rings. The summed E-state index contributed by atoms with van der Waals surface area (Å²) in [5, 5.41) is 16.5. The molecule has 0 radical (unpaired) electrons. The first-order chi connectivity index (χ1) is 7.63. The summed E-state index contributed by atoms with van der Waals surface area (Å²) in [5.74, 6) is -1.06. The predicted octanol–water partition coefficient (Wildman–Crippen LogP) is 2.49. The lowest BCUT2D eigenvalue weighted by molar-refractivity contribution is 0.0691. The summed E-state index contributed by atoms with van der Waals surface area (Å²) < 4.78 is 2.53. The van der Waals surface area contributed by atoms with Crippen molar-refractivity contribution in [2.75, 3.05) is 0 Å². The highest BCUT2D eigenvalue weighted by molar-refractivity contribution is 9.11. The Balaban J connectivity index is 2.60. The van der Waals surface area contributed by atoms with Crippen LogP contribution in [0.4, 0.5) is 0 Å². The van der Waals surface area contributed by atoms with Crippen LogP contribution in [0.5, 0.6) is 0 Å². The van der Waals surface area contributed by atoms with E-state index in [0.29, 0.717) is 12.2 Å². The predicted molar refractivity (Wildman–Crippen MR) is 63.7 cm³/mol. The van der Waals surface area contributed by atoms with Gasteiger partial charge in [-0.3, -0.25) is 0 Å². The average Bonchev–Trinajstić information content (AvgIpc) is 2.82. The third-order valence-corrected chi connectivity index (χ3v) is 3.67. The fourth-order valence-electron chi connectivity index (χ4n) is 1.36. The van der Waals surface area contributed by atoms with Gasteiger partial charge in [-0.1, -0.05) is 5.21 Å². The molecule has 2 aromatic rings. The second-order valence-electron chi connectivity index (χ2n) is 3.01. The van der Waals surface area contributed by atoms with E-state index in [-0.39, 0.29) is 5.69 Å². The summed E-state index contributed by atoms with van der Waals surface area (Å²) >= 11 is 4.81. The van der Waals surface area contributed by atoms with Crippen LogP contribution in [0, 0.1) is 0 Å². The minimum atomic E-state index is -1.06. The summed E-state index contributed by atoms with van der Waals surface area (Å²) in [6.07, 6.45) is 0. The number of hydrogen-bond donors (Lipinski definition) is 1. The molecule has 0 unspecified atom stereocenters. The van der Waals surface area contributed by atoms with E-state index in [0.717, 1.165) is 8.66 Å². The summed E-state index contributed by atoms with van der Waals surface area (Å²) in [7, 11) is 0. The molecule has 5 nitrogen and oxygen atoms in total. The summed E-state index contributed by atoms with van der Waals surface area (Å²) in [4.78, 5) is 11.9. The maximum Gasteiger partial charge on any atom is 0.358 e. The van der Waals surface area contributed by atoms with Gasteiger partial charge in [0.2, 0.25) is 0 Å². The molecule has 0 amide bonds. The summed E-state index contributed by atoms with van der Waals surface area (Å²) in [5.41, 5.74) is 0.557. The zero-order valence-electron chi connectivity index (χ0n) is 8.35. The smallest absolute Gasteiger partial charge is 0.358 e. The lowest BCUT2D eigenvalue weighted by Gasteiger charge is -2.00. The number of aromatic nitrogens is 3. The van der Waals surface area contributed by atoms with Crippen LogP contribution < -0.4 is 0 Å². The second-order valence-corrected chi connectivity index (χ2v) is 5.47. The van der Waals surface area contributed by atoms with Crippen molar-refractivity contribution in [3.8, 4) is 10.6 Å². The molecule has 0 bridgehead atoms. The van der Waals surface area contributed by atoms with E-state index in [2.05, 4.69) is 26.2 Å². The molecule has 2 rings (SSSR count). The van der Waals surface area contributed by atoms with E-state index < -0.39 is 5.97 Å². The van der Waals surface area contributed by atoms with Gasteiger partial charge < -0.3 is 5.11 Å². The molecule has 0 aromatic carbocycles. The largest absolute Gasteiger partial charge is 0.476 e. The highest BCUT2D eigenvalue weighted by atomic mass is 79.9. The van der Waals surface area contributed by atoms with E-state index in [1.807, 2.05) is 19.1 Å². The topological polar surface area (TPSA) is 68.0 Å². The molecule has 84 valence electrons. The Bertz CT molecular complexity index is 535. The highest BCUT2D eigenvalue weighted by Gasteiger charge is 2.20. The Morgan fingerprint density at radius 3 is 2.88 bits per heavy atom. The van der Waals surface area contributed by atoms with Crippen molar-refractivity contribution in [3.05, 3.63) is 21.6 Å². The molecule has 0 aliphatic rings. The molecule has 1 N–H and O–H groups in total. The van der Waals surface area contributed by atoms with E-state index >= 15 is 0 Å². The van der Waals surface area contributed by atoms with Gasteiger partial charge in [0.15, 0.2) is 5.69 Å². The Morgan fingerprint density at radius 2 is 2.38 bits per heavy atom. The third-order valence-electron chi connectivity index (χ3n) is 2.04. The van der Waals surface area contributed by atoms with Crippen LogP contribution in [0.15, 0.2) is 15.9 Å². The number of thiophene rings is 1. The first-order valence-corrected chi connectivity index (χ1v) is 6.17. The van der Waals surface area contributed by atoms with Crippen LogP contribution in [0.25, 0.3) is 10.6 Å². The van der Waals surface area contributed by atoms with E-state index in [1.165, 1.54) is 11.3 Å². The van der Waals surface area contributed by atoms with Gasteiger partial charge in [-0.05, 0) is 35.0 Å². The Morgan fingerprint density at radius 1 is 1.62 bits per heavy atom. The first kappa shape index (κ1) is 11.3. The molecule has 0 atom stereocenters. The van der Waals surface area contributed by atoms with Crippen molar-refractivity contribution in [2.45, 2.75) is 13.5 Å². The zero-order valence-corrected chi connectivity index (χ0v) is 10.7. The molecule has 7 heteroatoms. The van der Waals surface area contributed by atoms with Crippen molar-refractivity contribution >= 4 is 33.2 Å². The van der Waals surface area contributed by atoms with Gasteiger partial charge in [0.05, 0.1) is 8.66 Å². The van der Waals surface area contributed by atoms with Gasteiger partial charge >= 0.3 is 5.97 Å². The van der Waals surface area contributed by atoms with Crippen LogP contribution in [-0.2, 0) is 6.54 Å². The van der Waals surface area contributed by atoms with Gasteiger partial charge in [0.1, 0.15) is 5.69 Å². The van der Waals surface area contributed by atoms with E-state index in [1.54, 1.807) is 4.68 Å². The lowest BCUT2D eigenvalue weighted by atomic mass is 10.2. The number of carboxylic acids is 1. The first-order valence-electron chi connectivity index (χ1n) is 4.56. The molecular formula is C9H8BrN3O2S. The van der Waals surface area contributed by atoms with Crippen LogP contribution >= 0.6 is 27.3 Å². The normalized spacial score (nSPS) is 10.6. The Hall–Kier alpha value is -1.21. The van der Waals surface area contributed by atoms with Crippen molar-refractivity contribution < 1.29 is 9.90 Å². The fraction of sp³-hybridized carbons (Fsp3) is 0.222. The van der Waals surface area contributed by atoms with Gasteiger partial charge in [-0.2, -0.15) is 0 Å². The SMILES string of the molecule is CCn1nnc(C(=O)O)c1-c1ccc(Br)s1. The third kappa shape index (κ3) is 1.88. The number of hydrogen-bond acceptors (Lipinski definition) is 4. The standard InChI is InChI=1S/C9H8BrN3O2S/c1-2-13-8(5-3-4-6(10)16-5)7(9(14)15)11-12-13/h3-4H,2H2,1H3,(H,14,15). The summed E-state index contributed by atoms with van der Waals surface area (Å²) in [6, 6.07) is 3.73. The van der Waals surface area contributed by atoms with Gasteiger partial charge in [0.25, 0.3) is 0 Å². The average molecular weight is 302 g/mol. The molecule has 0 saturated heterocycles. The van der Waals surface area contributed by atoms with Crippen LogP contribution in [0.1, 0.15) is 17.4 Å². The summed E-state index contributed by atoms with van der Waals surface area (Å²) in [6.45, 7) is 2.48. The number of aryl methyl sites for hydroxylation is 1. The molecule has 0 aliphatic carbocycles. The zero-order chi connectivity index (χ0) is 11.7. The number of carboxylic acid groups (broad SMARTS) is 1. The molecule has 16 heavy (non-hydrogen) atoms. The molecule has 0 spiro atoms. The number of rotatable bonds is 3. The van der Waals surface area contributed by atoms with Gasteiger partial charge in [-0.25, -0.2) is 9.48 Å². The monoisotopic (exact) mass is 301 g/mol. The maximum atomic E-state index is 11.0. The van der Waals surface area contributed by atoms with Crippen molar-refractivity contribution in [1.29, 1.82) is 0 Å². The quantitative estimate of drug-likeness (QED) is 0.946. The lowest BCUT2D eigenvalue weighted by Crippen LogP contribution is -2.02. The fourth-order valence-corrected chi connectivity index (χ4v) is 2.80. The maximum absolute atomic E-state index is 11.0.